The van der Waals surface area contributed by atoms with Gasteiger partial charge in [-0.2, -0.15) is 0 Å². The minimum Gasteiger partial charge on any atom is -0.491 e. The van der Waals surface area contributed by atoms with Gasteiger partial charge >= 0.3 is 0 Å². The van der Waals surface area contributed by atoms with Gasteiger partial charge in [-0.1, -0.05) is 13.0 Å². The molecule has 0 saturated carbocycles. The molecule has 96 valence electrons. The van der Waals surface area contributed by atoms with Gasteiger partial charge in [0.2, 0.25) is 5.91 Å². The van der Waals surface area contributed by atoms with Crippen molar-refractivity contribution in [3.05, 3.63) is 18.2 Å². The van der Waals surface area contributed by atoms with Gasteiger partial charge in [0.1, 0.15) is 17.5 Å². The SMILES string of the molecule is CCCOc1cccc2c1NC(=O)C1CCCN21. The molecule has 18 heavy (non-hydrogen) atoms. The van der Waals surface area contributed by atoms with Gasteiger partial charge in [-0.15, -0.1) is 0 Å². The highest BCUT2D eigenvalue weighted by atomic mass is 16.5. The first kappa shape index (κ1) is 11.4. The van der Waals surface area contributed by atoms with Crippen LogP contribution in [0, 0.1) is 0 Å². The number of nitrogens with zero attached hydrogens (tertiary/aromatic N) is 1. The number of hydrogen-bond donors (Lipinski definition) is 1. The first-order chi connectivity index (χ1) is 8.81. The van der Waals surface area contributed by atoms with Crippen LogP contribution in [0.2, 0.25) is 0 Å². The van der Waals surface area contributed by atoms with E-state index in [0.29, 0.717) is 6.61 Å². The molecule has 2 heterocycles. The summed E-state index contributed by atoms with van der Waals surface area (Å²) in [5.41, 5.74) is 1.94. The standard InChI is InChI=1S/C14H18N2O2/c1-2-9-18-12-7-3-5-10-13(12)15-14(17)11-6-4-8-16(10)11/h3,5,7,11H,2,4,6,8-9H2,1H3,(H,15,17). The van der Waals surface area contributed by atoms with Crippen LogP contribution in [0.5, 0.6) is 5.75 Å². The van der Waals surface area contributed by atoms with Gasteiger partial charge in [0, 0.05) is 6.54 Å². The molecule has 1 atom stereocenters. The van der Waals surface area contributed by atoms with Crippen LogP contribution in [0.3, 0.4) is 0 Å². The molecule has 0 spiro atoms. The molecule has 2 aliphatic rings. The van der Waals surface area contributed by atoms with Crippen LogP contribution in [0.4, 0.5) is 11.4 Å². The number of rotatable bonds is 3. The Morgan fingerprint density at radius 3 is 3.22 bits per heavy atom. The lowest BCUT2D eigenvalue weighted by Crippen LogP contribution is -2.44. The smallest absolute Gasteiger partial charge is 0.247 e. The second kappa shape index (κ2) is 4.52. The summed E-state index contributed by atoms with van der Waals surface area (Å²) in [6, 6.07) is 5.99. The maximum absolute atomic E-state index is 12.1. The molecule has 1 unspecified atom stereocenters. The van der Waals surface area contributed by atoms with E-state index in [1.54, 1.807) is 0 Å². The molecule has 0 aromatic heterocycles. The van der Waals surface area contributed by atoms with E-state index < -0.39 is 0 Å². The minimum atomic E-state index is 0.0129. The number of nitrogens with one attached hydrogen (secondary N) is 1. The van der Waals surface area contributed by atoms with Crippen molar-refractivity contribution in [2.24, 2.45) is 0 Å². The first-order valence-corrected chi connectivity index (χ1v) is 6.64. The third-order valence-electron chi connectivity index (χ3n) is 3.58. The summed E-state index contributed by atoms with van der Waals surface area (Å²) in [6.07, 6.45) is 2.99. The fourth-order valence-electron chi connectivity index (χ4n) is 2.75. The number of fused-ring (bicyclic) bond motifs is 3. The first-order valence-electron chi connectivity index (χ1n) is 6.64. The number of benzene rings is 1. The van der Waals surface area contributed by atoms with Gasteiger partial charge in [-0.25, -0.2) is 0 Å². The average molecular weight is 246 g/mol. The van der Waals surface area contributed by atoms with E-state index >= 15 is 0 Å². The molecule has 1 aromatic carbocycles. The molecule has 1 aromatic rings. The molecule has 1 amide bonds. The molecule has 2 aliphatic heterocycles. The van der Waals surface area contributed by atoms with Crippen LogP contribution in [0.15, 0.2) is 18.2 Å². The van der Waals surface area contributed by atoms with Gasteiger partial charge < -0.3 is 15.0 Å². The number of anilines is 2. The monoisotopic (exact) mass is 246 g/mol. The zero-order valence-corrected chi connectivity index (χ0v) is 10.6. The van der Waals surface area contributed by atoms with Crippen molar-refractivity contribution in [2.75, 3.05) is 23.4 Å². The molecule has 0 bridgehead atoms. The van der Waals surface area contributed by atoms with Crippen molar-refractivity contribution in [1.29, 1.82) is 0 Å². The lowest BCUT2D eigenvalue weighted by molar-refractivity contribution is -0.117. The fraction of sp³-hybridized carbons (Fsp3) is 0.500. The van der Waals surface area contributed by atoms with Gasteiger partial charge in [0.25, 0.3) is 0 Å². The summed E-state index contributed by atoms with van der Waals surface area (Å²) in [7, 11) is 0. The highest BCUT2D eigenvalue weighted by Gasteiger charge is 2.37. The number of para-hydroxylation sites is 1. The summed E-state index contributed by atoms with van der Waals surface area (Å²) in [5, 5.41) is 3.00. The van der Waals surface area contributed by atoms with Crippen molar-refractivity contribution < 1.29 is 9.53 Å². The normalized spacial score (nSPS) is 21.3. The van der Waals surface area contributed by atoms with E-state index in [0.717, 1.165) is 42.9 Å². The third-order valence-corrected chi connectivity index (χ3v) is 3.58. The maximum Gasteiger partial charge on any atom is 0.247 e. The number of ether oxygens (including phenoxy) is 1. The van der Waals surface area contributed by atoms with Crippen LogP contribution in [-0.4, -0.2) is 25.1 Å². The van der Waals surface area contributed by atoms with E-state index in [9.17, 15) is 4.79 Å². The third kappa shape index (κ3) is 1.72. The Hall–Kier alpha value is -1.71. The molecule has 4 nitrogen and oxygen atoms in total. The Bertz CT molecular complexity index is 473. The van der Waals surface area contributed by atoms with E-state index in [-0.39, 0.29) is 11.9 Å². The molecule has 1 fully saturated rings. The number of carbonyl (C=O) groups is 1. The van der Waals surface area contributed by atoms with Crippen molar-refractivity contribution in [3.8, 4) is 5.75 Å². The Kier molecular flexibility index (Phi) is 2.86. The largest absolute Gasteiger partial charge is 0.491 e. The van der Waals surface area contributed by atoms with Crippen molar-refractivity contribution in [1.82, 2.24) is 0 Å². The molecule has 0 radical (unpaired) electrons. The van der Waals surface area contributed by atoms with Gasteiger partial charge in [0.05, 0.1) is 12.3 Å². The molecule has 4 heteroatoms. The van der Waals surface area contributed by atoms with E-state index in [2.05, 4.69) is 23.2 Å². The number of carbonyl (C=O) groups excluding carboxylic acids is 1. The Balaban J connectivity index is 1.98. The van der Waals surface area contributed by atoms with E-state index in [1.165, 1.54) is 0 Å². The molecule has 0 aliphatic carbocycles. The molecular formula is C14H18N2O2. The second-order valence-corrected chi connectivity index (χ2v) is 4.84. The lowest BCUT2D eigenvalue weighted by Gasteiger charge is -2.33. The summed E-state index contributed by atoms with van der Waals surface area (Å²) in [4.78, 5) is 14.3. The Morgan fingerprint density at radius 2 is 2.39 bits per heavy atom. The van der Waals surface area contributed by atoms with Crippen molar-refractivity contribution in [3.63, 3.8) is 0 Å². The summed E-state index contributed by atoms with van der Waals surface area (Å²) >= 11 is 0. The van der Waals surface area contributed by atoms with E-state index in [4.69, 9.17) is 4.74 Å². The molecule has 3 rings (SSSR count). The Labute approximate surface area is 107 Å². The molecular weight excluding hydrogens is 228 g/mol. The molecule has 1 N–H and O–H groups in total. The quantitative estimate of drug-likeness (QED) is 0.890. The van der Waals surface area contributed by atoms with Crippen LogP contribution in [0.25, 0.3) is 0 Å². The maximum atomic E-state index is 12.1. The highest BCUT2D eigenvalue weighted by Crippen LogP contribution is 2.41. The van der Waals surface area contributed by atoms with Crippen LogP contribution < -0.4 is 15.0 Å². The van der Waals surface area contributed by atoms with E-state index in [1.807, 2.05) is 12.1 Å². The summed E-state index contributed by atoms with van der Waals surface area (Å²) in [5.74, 6) is 0.889. The second-order valence-electron chi connectivity index (χ2n) is 4.84. The molecule has 1 saturated heterocycles. The van der Waals surface area contributed by atoms with Gasteiger partial charge in [0.15, 0.2) is 0 Å². The zero-order chi connectivity index (χ0) is 12.5. The number of amides is 1. The zero-order valence-electron chi connectivity index (χ0n) is 10.6. The van der Waals surface area contributed by atoms with Gasteiger partial charge in [-0.3, -0.25) is 4.79 Å². The predicted molar refractivity (Wildman–Crippen MR) is 71.2 cm³/mol. The minimum absolute atomic E-state index is 0.0129. The van der Waals surface area contributed by atoms with Crippen molar-refractivity contribution in [2.45, 2.75) is 32.2 Å². The average Bonchev–Trinajstić information content (AvgIpc) is 2.87. The van der Waals surface area contributed by atoms with Crippen LogP contribution in [0.1, 0.15) is 26.2 Å². The highest BCUT2D eigenvalue weighted by molar-refractivity contribution is 6.05. The fourth-order valence-corrected chi connectivity index (χ4v) is 2.75. The van der Waals surface area contributed by atoms with Gasteiger partial charge in [-0.05, 0) is 31.4 Å². The number of hydrogen-bond acceptors (Lipinski definition) is 3. The summed E-state index contributed by atoms with van der Waals surface area (Å²) < 4.78 is 5.71. The predicted octanol–water partition coefficient (Wildman–Crippen LogP) is 2.40. The van der Waals surface area contributed by atoms with Crippen LogP contribution >= 0.6 is 0 Å². The lowest BCUT2D eigenvalue weighted by atomic mass is 10.1. The summed E-state index contributed by atoms with van der Waals surface area (Å²) in [6.45, 7) is 3.71. The topological polar surface area (TPSA) is 41.6 Å². The van der Waals surface area contributed by atoms with Crippen molar-refractivity contribution >= 4 is 17.3 Å². The Morgan fingerprint density at radius 1 is 1.50 bits per heavy atom. The van der Waals surface area contributed by atoms with Crippen LogP contribution in [-0.2, 0) is 4.79 Å².